The molecule has 0 radical (unpaired) electrons. The monoisotopic (exact) mass is 238 g/mol. The summed E-state index contributed by atoms with van der Waals surface area (Å²) < 4.78 is 0. The normalized spacial score (nSPS) is 11.5. The second kappa shape index (κ2) is 6.51. The van der Waals surface area contributed by atoms with Gasteiger partial charge in [0.15, 0.2) is 5.96 Å². The molecule has 0 fully saturated rings. The van der Waals surface area contributed by atoms with Crippen molar-refractivity contribution < 1.29 is 4.79 Å². The topological polar surface area (TPSA) is 122 Å². The van der Waals surface area contributed by atoms with Crippen LogP contribution in [0.15, 0.2) is 11.3 Å². The molecule has 17 heavy (non-hydrogen) atoms. The SMILES string of the molecule is CCCCc1nc[nH]c1CN=C(N)NC(N)=O. The number of hydrogen-bond donors (Lipinski definition) is 4. The summed E-state index contributed by atoms with van der Waals surface area (Å²) in [7, 11) is 0. The number of hydrogen-bond acceptors (Lipinski definition) is 3. The standard InChI is InChI=1S/C10H18N6O/c1-2-3-4-7-8(15-6-14-7)5-13-9(11)16-10(12)17/h6H,2-5H2,1H3,(H,14,15)(H5,11,12,13,16,17). The minimum atomic E-state index is -0.720. The molecule has 2 amide bonds. The van der Waals surface area contributed by atoms with Crippen LogP contribution in [0.1, 0.15) is 31.2 Å². The zero-order valence-electron chi connectivity index (χ0n) is 9.86. The Balaban J connectivity index is 2.56. The van der Waals surface area contributed by atoms with Crippen LogP contribution in [0.5, 0.6) is 0 Å². The Kier molecular flexibility index (Phi) is 4.99. The van der Waals surface area contributed by atoms with Crippen LogP contribution in [0, 0.1) is 0 Å². The molecule has 0 aliphatic rings. The van der Waals surface area contributed by atoms with E-state index in [0.29, 0.717) is 6.54 Å². The van der Waals surface area contributed by atoms with E-state index in [-0.39, 0.29) is 5.96 Å². The second-order valence-electron chi connectivity index (χ2n) is 3.62. The van der Waals surface area contributed by atoms with Gasteiger partial charge in [-0.2, -0.15) is 0 Å². The number of nitrogens with one attached hydrogen (secondary N) is 2. The van der Waals surface area contributed by atoms with Crippen molar-refractivity contribution in [2.24, 2.45) is 16.5 Å². The van der Waals surface area contributed by atoms with Crippen molar-refractivity contribution in [3.05, 3.63) is 17.7 Å². The van der Waals surface area contributed by atoms with Gasteiger partial charge in [-0.05, 0) is 12.8 Å². The molecule has 7 nitrogen and oxygen atoms in total. The number of nitrogens with zero attached hydrogens (tertiary/aromatic N) is 2. The van der Waals surface area contributed by atoms with Crippen LogP contribution in [0.25, 0.3) is 0 Å². The van der Waals surface area contributed by atoms with Gasteiger partial charge in [0, 0.05) is 0 Å². The van der Waals surface area contributed by atoms with Gasteiger partial charge in [-0.25, -0.2) is 14.8 Å². The van der Waals surface area contributed by atoms with Crippen molar-refractivity contribution in [2.75, 3.05) is 0 Å². The number of rotatable bonds is 5. The molecule has 0 saturated carbocycles. The zero-order valence-corrected chi connectivity index (χ0v) is 9.86. The van der Waals surface area contributed by atoms with Gasteiger partial charge in [0.25, 0.3) is 0 Å². The fraction of sp³-hybridized carbons (Fsp3) is 0.500. The summed E-state index contributed by atoms with van der Waals surface area (Å²) >= 11 is 0. The third-order valence-electron chi connectivity index (χ3n) is 2.23. The molecule has 0 aliphatic carbocycles. The van der Waals surface area contributed by atoms with Gasteiger partial charge in [0.2, 0.25) is 0 Å². The van der Waals surface area contributed by atoms with Crippen LogP contribution in [-0.4, -0.2) is 22.0 Å². The van der Waals surface area contributed by atoms with Gasteiger partial charge >= 0.3 is 6.03 Å². The summed E-state index contributed by atoms with van der Waals surface area (Å²) in [5, 5.41) is 2.20. The highest BCUT2D eigenvalue weighted by Gasteiger charge is 2.04. The van der Waals surface area contributed by atoms with Crippen molar-refractivity contribution in [3.8, 4) is 0 Å². The number of carbonyl (C=O) groups is 1. The summed E-state index contributed by atoms with van der Waals surface area (Å²) in [6.07, 6.45) is 4.74. The van der Waals surface area contributed by atoms with E-state index in [4.69, 9.17) is 11.5 Å². The minimum Gasteiger partial charge on any atom is -0.370 e. The lowest BCUT2D eigenvalue weighted by Crippen LogP contribution is -2.40. The van der Waals surface area contributed by atoms with Crippen molar-refractivity contribution in [1.29, 1.82) is 0 Å². The summed E-state index contributed by atoms with van der Waals surface area (Å²) in [5.41, 5.74) is 12.3. The van der Waals surface area contributed by atoms with Crippen LogP contribution in [0.3, 0.4) is 0 Å². The number of imidazole rings is 1. The number of amides is 2. The van der Waals surface area contributed by atoms with Gasteiger partial charge < -0.3 is 16.5 Å². The Labute approximate surface area is 99.7 Å². The number of aryl methyl sites for hydroxylation is 1. The highest BCUT2D eigenvalue weighted by atomic mass is 16.2. The molecule has 1 heterocycles. The average molecular weight is 238 g/mol. The lowest BCUT2D eigenvalue weighted by molar-refractivity contribution is 0.253. The van der Waals surface area contributed by atoms with E-state index in [1.54, 1.807) is 6.33 Å². The number of guanidine groups is 1. The molecule has 1 rings (SSSR count). The second-order valence-corrected chi connectivity index (χ2v) is 3.62. The maximum absolute atomic E-state index is 10.5. The molecular formula is C10H18N6O. The lowest BCUT2D eigenvalue weighted by atomic mass is 10.2. The summed E-state index contributed by atoms with van der Waals surface area (Å²) in [5.74, 6) is 0.00791. The number of aliphatic imine (C=N–C) groups is 1. The molecule has 0 aromatic carbocycles. The molecule has 0 unspecified atom stereocenters. The first-order chi connectivity index (χ1) is 8.13. The van der Waals surface area contributed by atoms with Gasteiger partial charge in [-0.15, -0.1) is 0 Å². The number of urea groups is 1. The Morgan fingerprint density at radius 1 is 1.59 bits per heavy atom. The molecule has 1 aromatic heterocycles. The maximum Gasteiger partial charge on any atom is 0.318 e. The predicted molar refractivity (Wildman–Crippen MR) is 65.2 cm³/mol. The number of aromatic nitrogens is 2. The van der Waals surface area contributed by atoms with E-state index in [1.807, 2.05) is 0 Å². The largest absolute Gasteiger partial charge is 0.370 e. The number of primary amides is 1. The van der Waals surface area contributed by atoms with Gasteiger partial charge in [-0.1, -0.05) is 13.3 Å². The van der Waals surface area contributed by atoms with Crippen LogP contribution in [-0.2, 0) is 13.0 Å². The van der Waals surface area contributed by atoms with E-state index >= 15 is 0 Å². The van der Waals surface area contributed by atoms with Crippen LogP contribution in [0.2, 0.25) is 0 Å². The number of H-pyrrole nitrogens is 1. The molecule has 0 spiro atoms. The van der Waals surface area contributed by atoms with Crippen LogP contribution < -0.4 is 16.8 Å². The van der Waals surface area contributed by atoms with Crippen molar-refractivity contribution in [1.82, 2.24) is 15.3 Å². The van der Waals surface area contributed by atoms with E-state index in [1.165, 1.54) is 0 Å². The predicted octanol–water partition coefficient (Wildman–Crippen LogP) is 0.235. The highest BCUT2D eigenvalue weighted by Crippen LogP contribution is 2.08. The molecule has 0 bridgehead atoms. The van der Waals surface area contributed by atoms with Gasteiger partial charge in [0.05, 0.1) is 24.3 Å². The molecule has 94 valence electrons. The summed E-state index contributed by atoms with van der Waals surface area (Å²) in [6.45, 7) is 2.48. The summed E-state index contributed by atoms with van der Waals surface area (Å²) in [6, 6.07) is -0.720. The molecule has 0 saturated heterocycles. The zero-order chi connectivity index (χ0) is 12.7. The first-order valence-corrected chi connectivity index (χ1v) is 5.51. The first kappa shape index (κ1) is 13.0. The summed E-state index contributed by atoms with van der Waals surface area (Å²) in [4.78, 5) is 21.7. The molecule has 0 aliphatic heterocycles. The molecule has 1 aromatic rings. The fourth-order valence-corrected chi connectivity index (χ4v) is 1.38. The maximum atomic E-state index is 10.5. The average Bonchev–Trinajstić information content (AvgIpc) is 2.70. The third-order valence-corrected chi connectivity index (χ3v) is 2.23. The van der Waals surface area contributed by atoms with E-state index in [9.17, 15) is 4.79 Å². The minimum absolute atomic E-state index is 0.00791. The molecule has 6 N–H and O–H groups in total. The molecule has 7 heteroatoms. The Morgan fingerprint density at radius 2 is 2.35 bits per heavy atom. The van der Waals surface area contributed by atoms with Crippen LogP contribution in [0.4, 0.5) is 4.79 Å². The third kappa shape index (κ3) is 4.54. The van der Waals surface area contributed by atoms with E-state index in [2.05, 4.69) is 27.2 Å². The molecule has 0 atom stereocenters. The van der Waals surface area contributed by atoms with Crippen molar-refractivity contribution >= 4 is 12.0 Å². The Hall–Kier alpha value is -2.05. The smallest absolute Gasteiger partial charge is 0.318 e. The quantitative estimate of drug-likeness (QED) is 0.434. The van der Waals surface area contributed by atoms with Gasteiger partial charge in [0.1, 0.15) is 0 Å². The van der Waals surface area contributed by atoms with E-state index < -0.39 is 6.03 Å². The van der Waals surface area contributed by atoms with Crippen molar-refractivity contribution in [3.63, 3.8) is 0 Å². The molecular weight excluding hydrogens is 220 g/mol. The van der Waals surface area contributed by atoms with Crippen LogP contribution >= 0.6 is 0 Å². The Bertz CT molecular complexity index is 397. The number of nitrogens with two attached hydrogens (primary N) is 2. The first-order valence-electron chi connectivity index (χ1n) is 5.51. The van der Waals surface area contributed by atoms with E-state index in [0.717, 1.165) is 30.7 Å². The Morgan fingerprint density at radius 3 is 3.00 bits per heavy atom. The van der Waals surface area contributed by atoms with Gasteiger partial charge in [-0.3, -0.25) is 5.32 Å². The number of aromatic amines is 1. The lowest BCUT2D eigenvalue weighted by Gasteiger charge is -2.01. The van der Waals surface area contributed by atoms with Crippen molar-refractivity contribution in [2.45, 2.75) is 32.7 Å². The number of carbonyl (C=O) groups excluding carboxylic acids is 1. The highest BCUT2D eigenvalue weighted by molar-refractivity contribution is 5.94. The fourth-order valence-electron chi connectivity index (χ4n) is 1.38. The number of unbranched alkanes of at least 4 members (excludes halogenated alkanes) is 1.